The van der Waals surface area contributed by atoms with Gasteiger partial charge >= 0.3 is 0 Å². The zero-order valence-corrected chi connectivity index (χ0v) is 12.6. The van der Waals surface area contributed by atoms with Crippen LogP contribution < -0.4 is 10.1 Å². The van der Waals surface area contributed by atoms with Crippen molar-refractivity contribution in [1.29, 1.82) is 0 Å². The molecule has 0 radical (unpaired) electrons. The molecule has 0 saturated carbocycles. The molecule has 0 aromatic carbocycles. The van der Waals surface area contributed by atoms with Crippen molar-refractivity contribution in [2.45, 2.75) is 27.7 Å². The van der Waals surface area contributed by atoms with Crippen LogP contribution in [-0.2, 0) is 0 Å². The molecule has 0 bridgehead atoms. The molecule has 0 fully saturated rings. The number of nitrogens with zero attached hydrogens (tertiary/aromatic N) is 2. The van der Waals surface area contributed by atoms with Gasteiger partial charge in [-0.05, 0) is 27.3 Å². The molecule has 0 aliphatic heterocycles. The van der Waals surface area contributed by atoms with Crippen molar-refractivity contribution in [3.05, 3.63) is 10.7 Å². The third kappa shape index (κ3) is 4.15. The summed E-state index contributed by atoms with van der Waals surface area (Å²) < 4.78 is 5.88. The van der Waals surface area contributed by atoms with Gasteiger partial charge in [0.05, 0.1) is 17.8 Å². The van der Waals surface area contributed by atoms with Crippen molar-refractivity contribution in [3.63, 3.8) is 0 Å². The lowest BCUT2D eigenvalue weighted by atomic mass is 9.82. The SMILES string of the molecule is COc1nc(NCC(C)C(C)(C)C)ncc1Br. The number of halogens is 1. The highest BCUT2D eigenvalue weighted by molar-refractivity contribution is 9.10. The van der Waals surface area contributed by atoms with E-state index < -0.39 is 0 Å². The number of methoxy groups -OCH3 is 1. The van der Waals surface area contributed by atoms with Gasteiger partial charge in [0.2, 0.25) is 11.8 Å². The van der Waals surface area contributed by atoms with Gasteiger partial charge in [0, 0.05) is 6.54 Å². The molecule has 4 nitrogen and oxygen atoms in total. The summed E-state index contributed by atoms with van der Waals surface area (Å²) in [5.74, 6) is 1.67. The molecule has 1 aromatic rings. The van der Waals surface area contributed by atoms with E-state index in [4.69, 9.17) is 4.74 Å². The molecule has 0 aliphatic rings. The Bertz CT molecular complexity index is 377. The van der Waals surface area contributed by atoms with Crippen LogP contribution in [0.15, 0.2) is 10.7 Å². The van der Waals surface area contributed by atoms with Gasteiger partial charge in [-0.15, -0.1) is 0 Å². The molecule has 1 aromatic heterocycles. The molecule has 0 amide bonds. The lowest BCUT2D eigenvalue weighted by molar-refractivity contribution is 0.274. The third-order valence-corrected chi connectivity index (χ3v) is 3.49. The Kier molecular flexibility index (Phi) is 4.74. The second kappa shape index (κ2) is 5.67. The van der Waals surface area contributed by atoms with Crippen LogP contribution in [0.25, 0.3) is 0 Å². The van der Waals surface area contributed by atoms with Crippen LogP contribution in [0.2, 0.25) is 0 Å². The van der Waals surface area contributed by atoms with E-state index in [1.807, 2.05) is 0 Å². The fraction of sp³-hybridized carbons (Fsp3) is 0.667. The molecule has 96 valence electrons. The fourth-order valence-electron chi connectivity index (χ4n) is 1.13. The summed E-state index contributed by atoms with van der Waals surface area (Å²) in [5, 5.41) is 3.23. The quantitative estimate of drug-likeness (QED) is 0.926. The fourth-order valence-corrected chi connectivity index (χ4v) is 1.48. The minimum atomic E-state index is 0.270. The summed E-state index contributed by atoms with van der Waals surface area (Å²) in [6.07, 6.45) is 1.69. The summed E-state index contributed by atoms with van der Waals surface area (Å²) in [7, 11) is 1.59. The second-order valence-electron chi connectivity index (χ2n) is 5.20. The van der Waals surface area contributed by atoms with Crippen molar-refractivity contribution < 1.29 is 4.74 Å². The summed E-state index contributed by atoms with van der Waals surface area (Å²) in [6, 6.07) is 0. The van der Waals surface area contributed by atoms with Crippen molar-refractivity contribution in [2.24, 2.45) is 11.3 Å². The third-order valence-electron chi connectivity index (χ3n) is 2.95. The smallest absolute Gasteiger partial charge is 0.232 e. The summed E-state index contributed by atoms with van der Waals surface area (Å²) in [6.45, 7) is 9.73. The van der Waals surface area contributed by atoms with Crippen molar-refractivity contribution in [3.8, 4) is 5.88 Å². The van der Waals surface area contributed by atoms with Gasteiger partial charge in [-0.25, -0.2) is 4.98 Å². The Labute approximate surface area is 111 Å². The monoisotopic (exact) mass is 301 g/mol. The first-order valence-corrected chi connectivity index (χ1v) is 6.44. The van der Waals surface area contributed by atoms with Crippen LogP contribution >= 0.6 is 15.9 Å². The Balaban J connectivity index is 2.64. The van der Waals surface area contributed by atoms with Crippen LogP contribution in [0.1, 0.15) is 27.7 Å². The maximum absolute atomic E-state index is 5.12. The molecule has 0 saturated heterocycles. The lowest BCUT2D eigenvalue weighted by Gasteiger charge is -2.27. The highest BCUT2D eigenvalue weighted by Crippen LogP contribution is 2.26. The van der Waals surface area contributed by atoms with E-state index in [1.165, 1.54) is 0 Å². The number of ether oxygens (including phenoxy) is 1. The van der Waals surface area contributed by atoms with E-state index >= 15 is 0 Å². The van der Waals surface area contributed by atoms with Crippen molar-refractivity contribution in [1.82, 2.24) is 9.97 Å². The van der Waals surface area contributed by atoms with Gasteiger partial charge in [-0.2, -0.15) is 4.98 Å². The number of aromatic nitrogens is 2. The topological polar surface area (TPSA) is 47.0 Å². The average molecular weight is 302 g/mol. The zero-order valence-electron chi connectivity index (χ0n) is 11.0. The van der Waals surface area contributed by atoms with Gasteiger partial charge in [0.15, 0.2) is 0 Å². The lowest BCUT2D eigenvalue weighted by Crippen LogP contribution is -2.25. The maximum Gasteiger partial charge on any atom is 0.232 e. The summed E-state index contributed by atoms with van der Waals surface area (Å²) in [5.41, 5.74) is 0.270. The van der Waals surface area contributed by atoms with E-state index in [9.17, 15) is 0 Å². The molecule has 1 N–H and O–H groups in total. The Morgan fingerprint density at radius 1 is 1.47 bits per heavy atom. The molecule has 0 aliphatic carbocycles. The number of hydrogen-bond donors (Lipinski definition) is 1. The Morgan fingerprint density at radius 3 is 2.65 bits per heavy atom. The van der Waals surface area contributed by atoms with Gasteiger partial charge in [-0.3, -0.25) is 0 Å². The number of anilines is 1. The van der Waals surface area contributed by atoms with Gasteiger partial charge < -0.3 is 10.1 Å². The van der Waals surface area contributed by atoms with Gasteiger partial charge in [-0.1, -0.05) is 27.7 Å². The van der Waals surface area contributed by atoms with Crippen molar-refractivity contribution >= 4 is 21.9 Å². The predicted octanol–water partition coefficient (Wildman–Crippen LogP) is 3.34. The molecule has 5 heteroatoms. The van der Waals surface area contributed by atoms with Gasteiger partial charge in [0.1, 0.15) is 0 Å². The number of nitrogens with one attached hydrogen (secondary N) is 1. The van der Waals surface area contributed by atoms with Crippen LogP contribution in [0, 0.1) is 11.3 Å². The summed E-state index contributed by atoms with van der Waals surface area (Å²) in [4.78, 5) is 8.45. The van der Waals surface area contributed by atoms with Crippen LogP contribution in [0.3, 0.4) is 0 Å². The normalized spacial score (nSPS) is 13.3. The van der Waals surface area contributed by atoms with E-state index in [1.54, 1.807) is 13.3 Å². The largest absolute Gasteiger partial charge is 0.480 e. The van der Waals surface area contributed by atoms with Crippen molar-refractivity contribution in [2.75, 3.05) is 19.0 Å². The standard InChI is InChI=1S/C12H20BrN3O/c1-8(12(2,3)4)6-14-11-15-7-9(13)10(16-11)17-5/h7-8H,6H2,1-5H3,(H,14,15,16). The van der Waals surface area contributed by atoms with Crippen LogP contribution in [0.4, 0.5) is 5.95 Å². The minimum Gasteiger partial charge on any atom is -0.480 e. The molecule has 17 heavy (non-hydrogen) atoms. The van der Waals surface area contributed by atoms with Gasteiger partial charge in [0.25, 0.3) is 0 Å². The summed E-state index contributed by atoms with van der Waals surface area (Å²) >= 11 is 3.32. The minimum absolute atomic E-state index is 0.270. The molecule has 0 spiro atoms. The number of rotatable bonds is 4. The number of hydrogen-bond acceptors (Lipinski definition) is 4. The molecule has 1 unspecified atom stereocenters. The molecule has 1 heterocycles. The average Bonchev–Trinajstić information content (AvgIpc) is 2.26. The predicted molar refractivity (Wildman–Crippen MR) is 73.4 cm³/mol. The first-order chi connectivity index (χ1) is 7.84. The maximum atomic E-state index is 5.12. The molecular weight excluding hydrogens is 282 g/mol. The van der Waals surface area contributed by atoms with E-state index in [0.29, 0.717) is 17.7 Å². The van der Waals surface area contributed by atoms with Crippen LogP contribution in [0.5, 0.6) is 5.88 Å². The molecule has 1 atom stereocenters. The highest BCUT2D eigenvalue weighted by atomic mass is 79.9. The zero-order chi connectivity index (χ0) is 13.1. The van der Waals surface area contributed by atoms with E-state index in [-0.39, 0.29) is 5.41 Å². The van der Waals surface area contributed by atoms with E-state index in [0.717, 1.165) is 11.0 Å². The first kappa shape index (κ1) is 14.2. The second-order valence-corrected chi connectivity index (χ2v) is 6.05. The Hall–Kier alpha value is -0.840. The highest BCUT2D eigenvalue weighted by Gasteiger charge is 2.19. The van der Waals surface area contributed by atoms with E-state index in [2.05, 4.69) is 58.9 Å². The molecule has 1 rings (SSSR count). The molecular formula is C12H20BrN3O. The van der Waals surface area contributed by atoms with Crippen LogP contribution in [-0.4, -0.2) is 23.6 Å². The first-order valence-electron chi connectivity index (χ1n) is 5.65. The Morgan fingerprint density at radius 2 is 2.12 bits per heavy atom.